The van der Waals surface area contributed by atoms with Crippen molar-refractivity contribution in [3.05, 3.63) is 65.2 Å². The molecule has 0 saturated carbocycles. The second kappa shape index (κ2) is 6.80. The van der Waals surface area contributed by atoms with Gasteiger partial charge in [0.15, 0.2) is 0 Å². The molecule has 25 heavy (non-hydrogen) atoms. The Balaban J connectivity index is 1.54. The predicted octanol–water partition coefficient (Wildman–Crippen LogP) is 2.98. The Morgan fingerprint density at radius 1 is 1.00 bits per heavy atom. The monoisotopic (exact) mass is 344 g/mol. The van der Waals surface area contributed by atoms with Crippen LogP contribution in [0.4, 0.5) is 14.5 Å². The molecule has 5 nitrogen and oxygen atoms in total. The molecular formula is C18H14F2N2O3. The lowest BCUT2D eigenvalue weighted by Gasteiger charge is -2.13. The molecule has 7 heteroatoms. The highest BCUT2D eigenvalue weighted by Crippen LogP contribution is 2.22. The number of halogens is 2. The summed E-state index contributed by atoms with van der Waals surface area (Å²) in [5, 5.41) is 2.33. The highest BCUT2D eigenvalue weighted by atomic mass is 19.1. The maximum absolute atomic E-state index is 13.5. The van der Waals surface area contributed by atoms with Crippen molar-refractivity contribution in [2.75, 3.05) is 11.9 Å². The van der Waals surface area contributed by atoms with Crippen LogP contribution in [-0.4, -0.2) is 29.2 Å². The van der Waals surface area contributed by atoms with Crippen LogP contribution in [0.3, 0.4) is 0 Å². The van der Waals surface area contributed by atoms with E-state index in [-0.39, 0.29) is 36.9 Å². The molecule has 0 spiro atoms. The van der Waals surface area contributed by atoms with Gasteiger partial charge in [0, 0.05) is 19.0 Å². The standard InChI is InChI=1S/C18H14F2N2O3/c19-11-7-8-15(14(20)10-11)21-16(23)6-3-9-22-17(24)12-4-1-2-5-13(12)18(22)25/h1-2,4-5,7-8,10H,3,6,9H2,(H,21,23). The Morgan fingerprint density at radius 3 is 2.24 bits per heavy atom. The van der Waals surface area contributed by atoms with Crippen LogP contribution in [0.25, 0.3) is 0 Å². The number of carbonyl (C=O) groups excluding carboxylic acids is 3. The lowest BCUT2D eigenvalue weighted by molar-refractivity contribution is -0.116. The van der Waals surface area contributed by atoms with Crippen molar-refractivity contribution in [1.82, 2.24) is 4.90 Å². The number of hydrogen-bond acceptors (Lipinski definition) is 3. The largest absolute Gasteiger partial charge is 0.324 e. The van der Waals surface area contributed by atoms with E-state index in [9.17, 15) is 23.2 Å². The molecule has 1 heterocycles. The molecule has 0 aromatic heterocycles. The summed E-state index contributed by atoms with van der Waals surface area (Å²) in [6.45, 7) is 0.0890. The fourth-order valence-electron chi connectivity index (χ4n) is 2.64. The van der Waals surface area contributed by atoms with Crippen molar-refractivity contribution in [1.29, 1.82) is 0 Å². The fraction of sp³-hybridized carbons (Fsp3) is 0.167. The van der Waals surface area contributed by atoms with Gasteiger partial charge >= 0.3 is 0 Å². The van der Waals surface area contributed by atoms with E-state index in [0.717, 1.165) is 17.0 Å². The number of imide groups is 1. The van der Waals surface area contributed by atoms with Crippen molar-refractivity contribution >= 4 is 23.4 Å². The van der Waals surface area contributed by atoms with Gasteiger partial charge in [-0.05, 0) is 30.7 Å². The molecule has 128 valence electrons. The van der Waals surface area contributed by atoms with Gasteiger partial charge in [-0.25, -0.2) is 8.78 Å². The zero-order chi connectivity index (χ0) is 18.0. The smallest absolute Gasteiger partial charge is 0.261 e. The number of anilines is 1. The predicted molar refractivity (Wildman–Crippen MR) is 86.0 cm³/mol. The van der Waals surface area contributed by atoms with Crippen molar-refractivity contribution in [3.63, 3.8) is 0 Å². The minimum absolute atomic E-state index is 0.00970. The summed E-state index contributed by atoms with van der Waals surface area (Å²) in [6.07, 6.45) is 0.227. The molecule has 0 bridgehead atoms. The normalized spacial score (nSPS) is 13.1. The molecule has 3 rings (SSSR count). The molecule has 1 N–H and O–H groups in total. The van der Waals surface area contributed by atoms with Gasteiger partial charge in [0.25, 0.3) is 11.8 Å². The van der Waals surface area contributed by atoms with Gasteiger partial charge in [0.2, 0.25) is 5.91 Å². The Hall–Kier alpha value is -3.09. The van der Waals surface area contributed by atoms with E-state index in [1.807, 2.05) is 0 Å². The minimum atomic E-state index is -0.867. The van der Waals surface area contributed by atoms with Gasteiger partial charge in [-0.3, -0.25) is 19.3 Å². The Bertz CT molecular complexity index is 832. The van der Waals surface area contributed by atoms with E-state index < -0.39 is 17.5 Å². The van der Waals surface area contributed by atoms with Crippen LogP contribution < -0.4 is 5.32 Å². The van der Waals surface area contributed by atoms with Crippen molar-refractivity contribution in [2.24, 2.45) is 0 Å². The first-order valence-corrected chi connectivity index (χ1v) is 7.67. The van der Waals surface area contributed by atoms with Crippen molar-refractivity contribution < 1.29 is 23.2 Å². The van der Waals surface area contributed by atoms with Gasteiger partial charge in [0.1, 0.15) is 11.6 Å². The lowest BCUT2D eigenvalue weighted by Crippen LogP contribution is -2.31. The van der Waals surface area contributed by atoms with E-state index in [4.69, 9.17) is 0 Å². The first kappa shape index (κ1) is 16.8. The van der Waals surface area contributed by atoms with Crippen LogP contribution in [0.2, 0.25) is 0 Å². The second-order valence-electron chi connectivity index (χ2n) is 5.58. The first-order valence-electron chi connectivity index (χ1n) is 7.67. The zero-order valence-electron chi connectivity index (χ0n) is 13.1. The molecule has 2 aromatic rings. The molecule has 0 atom stereocenters. The molecule has 0 saturated heterocycles. The zero-order valence-corrected chi connectivity index (χ0v) is 13.1. The summed E-state index contributed by atoms with van der Waals surface area (Å²) in [6, 6.07) is 9.37. The maximum atomic E-state index is 13.5. The van der Waals surface area contributed by atoms with Crippen LogP contribution in [0.15, 0.2) is 42.5 Å². The highest BCUT2D eigenvalue weighted by molar-refractivity contribution is 6.21. The molecular weight excluding hydrogens is 330 g/mol. The molecule has 3 amide bonds. The topological polar surface area (TPSA) is 66.5 Å². The summed E-state index contributed by atoms with van der Waals surface area (Å²) < 4.78 is 26.3. The number of nitrogens with zero attached hydrogens (tertiary/aromatic N) is 1. The molecule has 0 aliphatic carbocycles. The van der Waals surface area contributed by atoms with E-state index in [1.54, 1.807) is 24.3 Å². The molecule has 2 aromatic carbocycles. The first-order chi connectivity index (χ1) is 12.0. The average Bonchev–Trinajstić information content (AvgIpc) is 2.83. The highest BCUT2D eigenvalue weighted by Gasteiger charge is 2.34. The van der Waals surface area contributed by atoms with Gasteiger partial charge in [0.05, 0.1) is 16.8 Å². The number of carbonyl (C=O) groups is 3. The summed E-state index contributed by atoms with van der Waals surface area (Å²) in [5.74, 6) is -2.85. The van der Waals surface area contributed by atoms with Crippen molar-refractivity contribution in [3.8, 4) is 0 Å². The number of amides is 3. The van der Waals surface area contributed by atoms with Crippen LogP contribution in [-0.2, 0) is 4.79 Å². The third-order valence-electron chi connectivity index (χ3n) is 3.87. The fourth-order valence-corrected chi connectivity index (χ4v) is 2.64. The molecule has 0 unspecified atom stereocenters. The molecule has 1 aliphatic rings. The number of benzene rings is 2. The summed E-state index contributed by atoms with van der Waals surface area (Å²) in [5.41, 5.74) is 0.586. The Labute approximate surface area is 142 Å². The Morgan fingerprint density at radius 2 is 1.64 bits per heavy atom. The Kier molecular flexibility index (Phi) is 4.56. The van der Waals surface area contributed by atoms with Gasteiger partial charge < -0.3 is 5.32 Å². The third kappa shape index (κ3) is 3.40. The van der Waals surface area contributed by atoms with Crippen LogP contribution in [0.1, 0.15) is 33.6 Å². The second-order valence-corrected chi connectivity index (χ2v) is 5.58. The maximum Gasteiger partial charge on any atom is 0.261 e. The number of hydrogen-bond donors (Lipinski definition) is 1. The molecule has 0 fully saturated rings. The van der Waals surface area contributed by atoms with E-state index in [1.165, 1.54) is 0 Å². The summed E-state index contributed by atoms with van der Waals surface area (Å²) in [4.78, 5) is 37.3. The quantitative estimate of drug-likeness (QED) is 0.848. The van der Waals surface area contributed by atoms with E-state index in [2.05, 4.69) is 5.32 Å². The number of fused-ring (bicyclic) bond motifs is 1. The van der Waals surface area contributed by atoms with E-state index >= 15 is 0 Å². The van der Waals surface area contributed by atoms with Crippen molar-refractivity contribution in [2.45, 2.75) is 12.8 Å². The third-order valence-corrected chi connectivity index (χ3v) is 3.87. The SMILES string of the molecule is O=C(CCCN1C(=O)c2ccccc2C1=O)Nc1ccc(F)cc1F. The van der Waals surface area contributed by atoms with Crippen LogP contribution >= 0.6 is 0 Å². The van der Waals surface area contributed by atoms with Crippen LogP contribution in [0, 0.1) is 11.6 Å². The number of nitrogens with one attached hydrogen (secondary N) is 1. The lowest BCUT2D eigenvalue weighted by atomic mass is 10.1. The van der Waals surface area contributed by atoms with Gasteiger partial charge in [-0.15, -0.1) is 0 Å². The van der Waals surface area contributed by atoms with E-state index in [0.29, 0.717) is 17.2 Å². The summed E-state index contributed by atoms with van der Waals surface area (Å²) in [7, 11) is 0. The summed E-state index contributed by atoms with van der Waals surface area (Å²) >= 11 is 0. The van der Waals surface area contributed by atoms with Crippen LogP contribution in [0.5, 0.6) is 0 Å². The van der Waals surface area contributed by atoms with Gasteiger partial charge in [-0.1, -0.05) is 12.1 Å². The number of rotatable bonds is 5. The minimum Gasteiger partial charge on any atom is -0.324 e. The van der Waals surface area contributed by atoms with Gasteiger partial charge in [-0.2, -0.15) is 0 Å². The molecule has 0 radical (unpaired) electrons. The average molecular weight is 344 g/mol. The molecule has 1 aliphatic heterocycles.